The number of fused-ring (bicyclic) bond motifs is 2. The van der Waals surface area contributed by atoms with Gasteiger partial charge in [-0.25, -0.2) is 0 Å². The van der Waals surface area contributed by atoms with Crippen molar-refractivity contribution in [1.29, 1.82) is 0 Å². The number of hydrogen-bond acceptors (Lipinski definition) is 7. The largest absolute Gasteiger partial charge is 0.496 e. The predicted octanol–water partition coefficient (Wildman–Crippen LogP) is 3.99. The van der Waals surface area contributed by atoms with Crippen LogP contribution in [0, 0.1) is 12.8 Å². The molecule has 39 heavy (non-hydrogen) atoms. The second kappa shape index (κ2) is 8.71. The maximum atomic E-state index is 14.5. The third-order valence-electron chi connectivity index (χ3n) is 8.05. The third-order valence-corrected chi connectivity index (χ3v) is 8.41. The fourth-order valence-corrected chi connectivity index (χ4v) is 6.38. The number of benzene rings is 2. The zero-order chi connectivity index (χ0) is 27.8. The van der Waals surface area contributed by atoms with E-state index in [9.17, 15) is 19.2 Å². The van der Waals surface area contributed by atoms with Gasteiger partial charge in [0.15, 0.2) is 5.75 Å². The Morgan fingerprint density at radius 1 is 1.03 bits per heavy atom. The van der Waals surface area contributed by atoms with Crippen LogP contribution in [0.3, 0.4) is 0 Å². The summed E-state index contributed by atoms with van der Waals surface area (Å²) in [5.41, 5.74) is 0.144. The van der Waals surface area contributed by atoms with Gasteiger partial charge in [-0.15, -0.1) is 0 Å². The minimum absolute atomic E-state index is 0.0116. The van der Waals surface area contributed by atoms with Crippen molar-refractivity contribution < 1.29 is 28.6 Å². The summed E-state index contributed by atoms with van der Waals surface area (Å²) in [6.07, 6.45) is 0.0409. The highest BCUT2D eigenvalue weighted by atomic mass is 35.5. The van der Waals surface area contributed by atoms with Crippen molar-refractivity contribution in [2.24, 2.45) is 5.92 Å². The van der Waals surface area contributed by atoms with Crippen LogP contribution in [0.25, 0.3) is 10.9 Å². The van der Waals surface area contributed by atoms with E-state index in [4.69, 9.17) is 25.8 Å². The zero-order valence-electron chi connectivity index (χ0n) is 21.7. The van der Waals surface area contributed by atoms with Crippen LogP contribution in [0.4, 0.5) is 0 Å². The van der Waals surface area contributed by atoms with Gasteiger partial charge in [0.25, 0.3) is 5.56 Å². The summed E-state index contributed by atoms with van der Waals surface area (Å²) >= 11 is 6.53. The first-order valence-corrected chi connectivity index (χ1v) is 12.9. The molecule has 0 saturated heterocycles. The van der Waals surface area contributed by atoms with Crippen molar-refractivity contribution in [2.45, 2.75) is 38.2 Å². The molecule has 0 bridgehead atoms. The number of para-hydroxylation sites is 1. The number of amides is 1. The first-order valence-electron chi connectivity index (χ1n) is 12.5. The van der Waals surface area contributed by atoms with E-state index in [1.165, 1.54) is 20.3 Å². The number of hydrogen-bond donors (Lipinski definition) is 2. The molecule has 3 aromatic rings. The van der Waals surface area contributed by atoms with Crippen molar-refractivity contribution in [2.75, 3.05) is 14.2 Å². The van der Waals surface area contributed by atoms with Crippen molar-refractivity contribution in [3.8, 4) is 17.2 Å². The lowest BCUT2D eigenvalue weighted by atomic mass is 9.66. The first-order chi connectivity index (χ1) is 18.6. The molecule has 0 fully saturated rings. The van der Waals surface area contributed by atoms with E-state index >= 15 is 0 Å². The fraction of sp³-hybridized carbons (Fsp3) is 0.310. The molecule has 2 aliphatic heterocycles. The molecule has 3 aliphatic rings. The first kappa shape index (κ1) is 25.2. The molecule has 6 rings (SSSR count). The molecular weight excluding hydrogens is 524 g/mol. The van der Waals surface area contributed by atoms with Crippen LogP contribution in [0.2, 0.25) is 5.02 Å². The number of H-pyrrole nitrogens is 1. The molecule has 0 radical (unpaired) electrons. The summed E-state index contributed by atoms with van der Waals surface area (Å²) in [5.74, 6) is -2.62. The Balaban J connectivity index is 1.53. The SMILES string of the molecule is COc1cc(OC)c2c(c1Cl)O[C@@]1(C(=O)C3=C(C[C@H]1C)NC(=O)CC3c1cc3cccc(C)c3[nH]c1=O)C2=O. The molecule has 10 heteroatoms. The normalized spacial score (nSPS) is 24.0. The van der Waals surface area contributed by atoms with Crippen LogP contribution in [-0.4, -0.2) is 42.3 Å². The zero-order valence-corrected chi connectivity index (χ0v) is 22.4. The maximum absolute atomic E-state index is 14.5. The lowest BCUT2D eigenvalue weighted by Crippen LogP contribution is -2.59. The Morgan fingerprint density at radius 2 is 1.77 bits per heavy atom. The van der Waals surface area contributed by atoms with Gasteiger partial charge >= 0.3 is 0 Å². The van der Waals surface area contributed by atoms with E-state index in [1.54, 1.807) is 13.0 Å². The molecule has 1 aliphatic carbocycles. The fourth-order valence-electron chi connectivity index (χ4n) is 6.11. The molecule has 2 aromatic carbocycles. The molecule has 3 heterocycles. The van der Waals surface area contributed by atoms with Gasteiger partial charge in [-0.1, -0.05) is 36.7 Å². The average Bonchev–Trinajstić information content (AvgIpc) is 3.22. The number of pyridine rings is 1. The number of ether oxygens (including phenoxy) is 3. The van der Waals surface area contributed by atoms with Gasteiger partial charge < -0.3 is 24.5 Å². The van der Waals surface area contributed by atoms with Crippen LogP contribution in [-0.2, 0) is 9.59 Å². The lowest BCUT2D eigenvalue weighted by molar-refractivity contribution is -0.131. The highest BCUT2D eigenvalue weighted by molar-refractivity contribution is 6.36. The maximum Gasteiger partial charge on any atom is 0.252 e. The molecular formula is C29H25ClN2O7. The molecule has 1 amide bonds. The van der Waals surface area contributed by atoms with Crippen LogP contribution in [0.1, 0.15) is 47.2 Å². The number of nitrogens with one attached hydrogen (secondary N) is 2. The van der Waals surface area contributed by atoms with Gasteiger partial charge in [-0.05, 0) is 30.4 Å². The second-order valence-electron chi connectivity index (χ2n) is 10.2. The number of aromatic amines is 1. The van der Waals surface area contributed by atoms with Gasteiger partial charge in [0, 0.05) is 41.2 Å². The number of Topliss-reactive ketones (excluding diaryl/α,β-unsaturated/α-hetero) is 2. The number of aryl methyl sites for hydroxylation is 1. The summed E-state index contributed by atoms with van der Waals surface area (Å²) in [6.45, 7) is 3.60. The van der Waals surface area contributed by atoms with E-state index in [2.05, 4.69) is 10.3 Å². The van der Waals surface area contributed by atoms with Gasteiger partial charge in [-0.2, -0.15) is 0 Å². The summed E-state index contributed by atoms with van der Waals surface area (Å²) in [7, 11) is 2.82. The van der Waals surface area contributed by atoms with Gasteiger partial charge in [0.2, 0.25) is 23.1 Å². The average molecular weight is 549 g/mol. The predicted molar refractivity (Wildman–Crippen MR) is 143 cm³/mol. The Kier molecular flexibility index (Phi) is 5.62. The number of carbonyl (C=O) groups is 3. The van der Waals surface area contributed by atoms with Gasteiger partial charge in [-0.3, -0.25) is 19.2 Å². The Bertz CT molecular complexity index is 1720. The number of halogens is 1. The number of allylic oxidation sites excluding steroid dienone is 1. The van der Waals surface area contributed by atoms with Gasteiger partial charge in [0.05, 0.1) is 19.7 Å². The number of carbonyl (C=O) groups excluding carboxylic acids is 3. The summed E-state index contributed by atoms with van der Waals surface area (Å²) in [5, 5.41) is 3.63. The molecule has 1 spiro atoms. The van der Waals surface area contributed by atoms with E-state index in [0.717, 1.165) is 10.9 Å². The Labute approximate surface area is 228 Å². The van der Waals surface area contributed by atoms with E-state index < -0.39 is 34.6 Å². The minimum Gasteiger partial charge on any atom is -0.496 e. The van der Waals surface area contributed by atoms with E-state index in [0.29, 0.717) is 11.2 Å². The topological polar surface area (TPSA) is 124 Å². The standard InChI is InChI=1S/C29H25ClN2O7/c1-12-6-5-7-14-9-16(28(36)32-24(12)14)15-10-20(33)31-17-8-13(2)29(26(34)21(15)17)27(35)22-18(37-3)11-19(38-4)23(30)25(22)39-29/h5-7,9,11,13,15H,8,10H2,1-4H3,(H,31,33)(H,32,36)/t13-,15?,29+/m1/s1. The van der Waals surface area contributed by atoms with Gasteiger partial charge in [0.1, 0.15) is 22.1 Å². The minimum atomic E-state index is -1.94. The molecule has 200 valence electrons. The Morgan fingerprint density at radius 3 is 2.49 bits per heavy atom. The molecule has 1 aromatic heterocycles. The lowest BCUT2D eigenvalue weighted by Gasteiger charge is -2.41. The summed E-state index contributed by atoms with van der Waals surface area (Å²) in [6, 6.07) is 8.80. The van der Waals surface area contributed by atoms with Crippen molar-refractivity contribution in [3.05, 3.63) is 73.7 Å². The number of aromatic nitrogens is 1. The molecule has 9 nitrogen and oxygen atoms in total. The van der Waals surface area contributed by atoms with E-state index in [-0.39, 0.29) is 57.7 Å². The molecule has 2 N–H and O–H groups in total. The number of ketones is 2. The van der Waals surface area contributed by atoms with Crippen LogP contribution in [0.5, 0.6) is 17.2 Å². The molecule has 3 atom stereocenters. The van der Waals surface area contributed by atoms with Crippen molar-refractivity contribution in [1.82, 2.24) is 10.3 Å². The van der Waals surface area contributed by atoms with Crippen LogP contribution < -0.4 is 25.1 Å². The van der Waals surface area contributed by atoms with E-state index in [1.807, 2.05) is 25.1 Å². The second-order valence-corrected chi connectivity index (χ2v) is 10.6. The van der Waals surface area contributed by atoms with Crippen molar-refractivity contribution in [3.63, 3.8) is 0 Å². The smallest absolute Gasteiger partial charge is 0.252 e. The highest BCUT2D eigenvalue weighted by Crippen LogP contribution is 2.55. The Hall–Kier alpha value is -4.11. The quantitative estimate of drug-likeness (QED) is 0.474. The number of rotatable bonds is 3. The van der Waals surface area contributed by atoms with Crippen LogP contribution in [0.15, 0.2) is 46.4 Å². The molecule has 1 unspecified atom stereocenters. The number of methoxy groups -OCH3 is 2. The third kappa shape index (κ3) is 3.39. The van der Waals surface area contributed by atoms with Crippen LogP contribution >= 0.6 is 11.6 Å². The monoisotopic (exact) mass is 548 g/mol. The summed E-state index contributed by atoms with van der Waals surface area (Å²) in [4.78, 5) is 57.6. The van der Waals surface area contributed by atoms with Crippen molar-refractivity contribution >= 4 is 40.0 Å². The molecule has 0 saturated carbocycles. The summed E-state index contributed by atoms with van der Waals surface area (Å²) < 4.78 is 17.0. The highest BCUT2D eigenvalue weighted by Gasteiger charge is 2.63.